The number of nitrogen functional groups attached to an aromatic ring is 1. The number of alkyl halides is 1. The van der Waals surface area contributed by atoms with Gasteiger partial charge in [-0.25, -0.2) is 18.2 Å². The number of rotatable bonds is 5. The number of ether oxygens (including phenoxy) is 2. The first kappa shape index (κ1) is 30.8. The molecule has 4 aromatic rings. The Morgan fingerprint density at radius 1 is 1.09 bits per heavy atom. The molecule has 2 bridgehead atoms. The average molecular weight is 671 g/mol. The third kappa shape index (κ3) is 5.50. The molecule has 15 heteroatoms. The van der Waals surface area contributed by atoms with Gasteiger partial charge >= 0.3 is 6.01 Å². The Bertz CT molecular complexity index is 1870. The maximum atomic E-state index is 16.7. The quantitative estimate of drug-likeness (QED) is 0.325. The second-order valence-corrected chi connectivity index (χ2v) is 14.2. The molecule has 250 valence electrons. The van der Waals surface area contributed by atoms with Crippen molar-refractivity contribution in [1.29, 1.82) is 0 Å². The molecule has 0 amide bonds. The molecule has 1 aromatic carbocycles. The number of piperazine rings is 1. The standard InChI is InChI=1S/C25H25F2N7O3S.C7H12FN/c1-36-25-31-19-16(22(32-25)34-12-6-29-7-13(34)10-37-9-12)23(35)33(8-11-2-3-11)20(17(19)27)14-4-5-15(26)21-18(14)30-24(28)38-21;8-6-4-7-2-1-3-9(7)5-6/h4-5,11-13,29H,2-3,6-10H2,1H3,(H2,28,30);6-7H,1-5H2. The third-order valence-electron chi connectivity index (χ3n) is 9.97. The van der Waals surface area contributed by atoms with E-state index >= 15 is 4.39 Å². The summed E-state index contributed by atoms with van der Waals surface area (Å²) in [6, 6.07) is 3.09. The van der Waals surface area contributed by atoms with Crippen LogP contribution in [-0.4, -0.2) is 95.2 Å². The number of morpholine rings is 1. The molecule has 4 aliphatic heterocycles. The fourth-order valence-corrected chi connectivity index (χ4v) is 8.38. The Morgan fingerprint density at radius 3 is 2.60 bits per heavy atom. The first-order valence-corrected chi connectivity index (χ1v) is 17.1. The molecule has 9 rings (SSSR count). The Labute approximate surface area is 272 Å². The van der Waals surface area contributed by atoms with Crippen LogP contribution in [0.1, 0.15) is 32.1 Å². The summed E-state index contributed by atoms with van der Waals surface area (Å²) in [5.74, 6) is -0.629. The number of halogens is 3. The molecule has 7 heterocycles. The van der Waals surface area contributed by atoms with Crippen LogP contribution >= 0.6 is 11.3 Å². The number of pyridine rings is 1. The number of hydrogen-bond donors (Lipinski definition) is 2. The number of thiazole rings is 1. The molecule has 4 saturated heterocycles. The number of nitrogens with one attached hydrogen (secondary N) is 1. The minimum absolute atomic E-state index is 0.0141. The highest BCUT2D eigenvalue weighted by Crippen LogP contribution is 2.40. The smallest absolute Gasteiger partial charge is 0.318 e. The van der Waals surface area contributed by atoms with Gasteiger partial charge in [0.05, 0.1) is 48.3 Å². The summed E-state index contributed by atoms with van der Waals surface area (Å²) in [5, 5.41) is 3.64. The number of nitrogens with two attached hydrogens (primary N) is 1. The molecule has 1 aliphatic carbocycles. The van der Waals surface area contributed by atoms with Crippen molar-refractivity contribution >= 4 is 43.4 Å². The molecule has 3 N–H and O–H groups in total. The van der Waals surface area contributed by atoms with Gasteiger partial charge in [0.1, 0.15) is 28.7 Å². The van der Waals surface area contributed by atoms with E-state index < -0.39 is 23.4 Å². The van der Waals surface area contributed by atoms with Gasteiger partial charge in [0.15, 0.2) is 10.9 Å². The Kier molecular flexibility index (Phi) is 7.97. The number of fused-ring (bicyclic) bond motifs is 5. The van der Waals surface area contributed by atoms with Crippen molar-refractivity contribution in [3.8, 4) is 17.3 Å². The molecule has 47 heavy (non-hydrogen) atoms. The van der Waals surface area contributed by atoms with Crippen molar-refractivity contribution < 1.29 is 22.6 Å². The van der Waals surface area contributed by atoms with Gasteiger partial charge in [-0.15, -0.1) is 0 Å². The van der Waals surface area contributed by atoms with Crippen LogP contribution < -0.4 is 26.2 Å². The monoisotopic (exact) mass is 670 g/mol. The zero-order chi connectivity index (χ0) is 32.4. The van der Waals surface area contributed by atoms with Crippen LogP contribution in [-0.2, 0) is 11.3 Å². The zero-order valence-electron chi connectivity index (χ0n) is 26.1. The number of aromatic nitrogens is 4. The van der Waals surface area contributed by atoms with E-state index in [9.17, 15) is 13.6 Å². The Balaban J connectivity index is 0.000000309. The summed E-state index contributed by atoms with van der Waals surface area (Å²) in [5.41, 5.74) is 5.87. The van der Waals surface area contributed by atoms with E-state index in [2.05, 4.69) is 25.2 Å². The van der Waals surface area contributed by atoms with Crippen molar-refractivity contribution in [1.82, 2.24) is 29.7 Å². The normalized spacial score (nSPS) is 25.7. The fourth-order valence-electron chi connectivity index (χ4n) is 7.61. The second kappa shape index (κ2) is 12.2. The maximum Gasteiger partial charge on any atom is 0.318 e. The van der Waals surface area contributed by atoms with Crippen LogP contribution in [0.4, 0.5) is 24.1 Å². The largest absolute Gasteiger partial charge is 0.467 e. The molecule has 3 aromatic heterocycles. The number of methoxy groups -OCH3 is 1. The van der Waals surface area contributed by atoms with E-state index in [1.54, 1.807) is 0 Å². The summed E-state index contributed by atoms with van der Waals surface area (Å²) in [6.45, 7) is 4.36. The van der Waals surface area contributed by atoms with E-state index in [4.69, 9.17) is 15.2 Å². The van der Waals surface area contributed by atoms with Gasteiger partial charge < -0.3 is 30.0 Å². The first-order chi connectivity index (χ1) is 22.8. The molecule has 11 nitrogen and oxygen atoms in total. The molecule has 1 saturated carbocycles. The lowest BCUT2D eigenvalue weighted by Crippen LogP contribution is -2.64. The summed E-state index contributed by atoms with van der Waals surface area (Å²) in [7, 11) is 1.40. The molecule has 4 atom stereocenters. The van der Waals surface area contributed by atoms with E-state index in [1.165, 1.54) is 36.7 Å². The molecule has 5 aliphatic rings. The fraction of sp³-hybridized carbons (Fsp3) is 0.562. The predicted octanol–water partition coefficient (Wildman–Crippen LogP) is 3.72. The highest BCUT2D eigenvalue weighted by atomic mass is 32.1. The SMILES string of the molecule is COc1nc(N2C3CNCC2COC3)c2c(=O)n(CC3CC3)c(-c3ccc(F)c4sc(N)nc34)c(F)c2n1.FC1CC2CCCN2C1. The van der Waals surface area contributed by atoms with Crippen molar-refractivity contribution in [2.24, 2.45) is 5.92 Å². The second-order valence-electron chi connectivity index (χ2n) is 13.1. The Morgan fingerprint density at radius 2 is 1.87 bits per heavy atom. The minimum atomic E-state index is -0.710. The van der Waals surface area contributed by atoms with Crippen molar-refractivity contribution in [2.45, 2.75) is 62.9 Å². The summed E-state index contributed by atoms with van der Waals surface area (Å²) < 4.78 is 56.7. The lowest BCUT2D eigenvalue weighted by atomic mass is 10.0. The van der Waals surface area contributed by atoms with Gasteiger partial charge in [-0.3, -0.25) is 9.69 Å². The van der Waals surface area contributed by atoms with E-state index in [-0.39, 0.29) is 61.5 Å². The van der Waals surface area contributed by atoms with Crippen molar-refractivity contribution in [3.05, 3.63) is 34.1 Å². The lowest BCUT2D eigenvalue weighted by molar-refractivity contribution is 0.0523. The van der Waals surface area contributed by atoms with Crippen LogP contribution in [0, 0.1) is 17.6 Å². The van der Waals surface area contributed by atoms with Crippen LogP contribution in [0.3, 0.4) is 0 Å². The van der Waals surface area contributed by atoms with E-state index in [1.807, 2.05) is 4.90 Å². The zero-order valence-corrected chi connectivity index (χ0v) is 26.9. The van der Waals surface area contributed by atoms with Crippen molar-refractivity contribution in [3.63, 3.8) is 0 Å². The van der Waals surface area contributed by atoms with Crippen LogP contribution in [0.5, 0.6) is 6.01 Å². The third-order valence-corrected chi connectivity index (χ3v) is 10.9. The molecule has 0 spiro atoms. The van der Waals surface area contributed by atoms with E-state index in [0.29, 0.717) is 51.3 Å². The number of benzene rings is 1. The number of hydrogen-bond acceptors (Lipinski definition) is 11. The minimum Gasteiger partial charge on any atom is -0.467 e. The molecule has 5 fully saturated rings. The summed E-state index contributed by atoms with van der Waals surface area (Å²) in [4.78, 5) is 31.8. The molecule has 4 unspecified atom stereocenters. The molecular weight excluding hydrogens is 633 g/mol. The van der Waals surface area contributed by atoms with Gasteiger partial charge in [0.2, 0.25) is 0 Å². The van der Waals surface area contributed by atoms with Gasteiger partial charge in [0.25, 0.3) is 5.56 Å². The lowest BCUT2D eigenvalue weighted by Gasteiger charge is -2.46. The highest BCUT2D eigenvalue weighted by Gasteiger charge is 2.39. The van der Waals surface area contributed by atoms with Gasteiger partial charge in [-0.1, -0.05) is 11.3 Å². The van der Waals surface area contributed by atoms with Crippen molar-refractivity contribution in [2.75, 3.05) is 57.1 Å². The maximum absolute atomic E-state index is 16.7. The molecular formula is C32H37F3N8O3S. The summed E-state index contributed by atoms with van der Waals surface area (Å²) >= 11 is 0.982. The molecule has 0 radical (unpaired) electrons. The Hall–Kier alpha value is -3.53. The van der Waals surface area contributed by atoms with Gasteiger partial charge in [-0.05, 0) is 56.7 Å². The summed E-state index contributed by atoms with van der Waals surface area (Å²) in [6.07, 6.45) is 4.70. The average Bonchev–Trinajstić information content (AvgIpc) is 3.44. The van der Waals surface area contributed by atoms with Crippen LogP contribution in [0.25, 0.3) is 32.4 Å². The van der Waals surface area contributed by atoms with Crippen LogP contribution in [0.15, 0.2) is 16.9 Å². The number of anilines is 2. The highest BCUT2D eigenvalue weighted by molar-refractivity contribution is 7.22. The first-order valence-electron chi connectivity index (χ1n) is 16.3. The van der Waals surface area contributed by atoms with E-state index in [0.717, 1.165) is 37.1 Å². The number of nitrogens with zero attached hydrogens (tertiary/aromatic N) is 6. The van der Waals surface area contributed by atoms with Gasteiger partial charge in [-0.2, -0.15) is 9.97 Å². The predicted molar refractivity (Wildman–Crippen MR) is 174 cm³/mol. The van der Waals surface area contributed by atoms with Crippen LogP contribution in [0.2, 0.25) is 0 Å². The topological polar surface area (TPSA) is 124 Å². The van der Waals surface area contributed by atoms with Gasteiger partial charge in [0, 0.05) is 37.8 Å².